The van der Waals surface area contributed by atoms with Gasteiger partial charge in [0.2, 0.25) is 5.91 Å². The molecule has 0 heterocycles. The van der Waals surface area contributed by atoms with E-state index >= 15 is 0 Å². The second kappa shape index (κ2) is 10.7. The Kier molecular flexibility index (Phi) is 7.79. The molecule has 0 spiro atoms. The predicted octanol–water partition coefficient (Wildman–Crippen LogP) is 3.36. The smallest absolute Gasteiger partial charge is 0.277 e. The summed E-state index contributed by atoms with van der Waals surface area (Å²) in [5.41, 5.74) is 6.30. The van der Waals surface area contributed by atoms with Gasteiger partial charge in [0.05, 0.1) is 6.54 Å². The van der Waals surface area contributed by atoms with Crippen molar-refractivity contribution in [1.29, 1.82) is 0 Å². The molecule has 0 unspecified atom stereocenters. The molecule has 0 aliphatic carbocycles. The molecular formula is C27H32N3O2+. The molecule has 1 atom stereocenters. The zero-order valence-corrected chi connectivity index (χ0v) is 19.3. The SMILES string of the molecule is Cc1ccc([C@@H]([NH2+]CC(=O)N(C)CC(=O)Nc2c(C)cccc2C)c2ccccc2)cc1. The number of nitrogens with two attached hydrogens (primary N) is 1. The molecule has 3 aromatic rings. The van der Waals surface area contributed by atoms with Crippen LogP contribution in [-0.4, -0.2) is 36.9 Å². The van der Waals surface area contributed by atoms with Crippen molar-refractivity contribution in [1.82, 2.24) is 4.90 Å². The molecule has 3 N–H and O–H groups in total. The molecule has 0 fully saturated rings. The van der Waals surface area contributed by atoms with Gasteiger partial charge >= 0.3 is 0 Å². The number of aryl methyl sites for hydroxylation is 3. The van der Waals surface area contributed by atoms with Crippen LogP contribution in [0.2, 0.25) is 0 Å². The highest BCUT2D eigenvalue weighted by atomic mass is 16.2. The quantitative estimate of drug-likeness (QED) is 0.576. The van der Waals surface area contributed by atoms with Crippen LogP contribution in [0.3, 0.4) is 0 Å². The number of amides is 2. The van der Waals surface area contributed by atoms with Gasteiger partial charge < -0.3 is 15.5 Å². The maximum absolute atomic E-state index is 12.8. The summed E-state index contributed by atoms with van der Waals surface area (Å²) < 4.78 is 0. The van der Waals surface area contributed by atoms with Crippen molar-refractivity contribution in [2.75, 3.05) is 25.5 Å². The first kappa shape index (κ1) is 23.2. The lowest BCUT2D eigenvalue weighted by atomic mass is 9.98. The Bertz CT molecular complexity index is 1040. The number of nitrogens with one attached hydrogen (secondary N) is 1. The van der Waals surface area contributed by atoms with Crippen LogP contribution in [0.1, 0.15) is 33.9 Å². The molecule has 0 bridgehead atoms. The number of carbonyl (C=O) groups excluding carboxylic acids is 2. The minimum atomic E-state index is -0.198. The largest absolute Gasteiger partial charge is 0.332 e. The third-order valence-electron chi connectivity index (χ3n) is 5.68. The van der Waals surface area contributed by atoms with Crippen molar-refractivity contribution in [2.45, 2.75) is 26.8 Å². The lowest BCUT2D eigenvalue weighted by Crippen LogP contribution is -2.87. The Hall–Kier alpha value is -3.44. The molecule has 32 heavy (non-hydrogen) atoms. The summed E-state index contributed by atoms with van der Waals surface area (Å²) in [5, 5.41) is 4.97. The van der Waals surface area contributed by atoms with Crippen LogP contribution in [0.25, 0.3) is 0 Å². The molecule has 2 amide bonds. The van der Waals surface area contributed by atoms with Gasteiger partial charge in [0, 0.05) is 23.9 Å². The van der Waals surface area contributed by atoms with Gasteiger partial charge in [0.25, 0.3) is 5.91 Å². The van der Waals surface area contributed by atoms with Gasteiger partial charge in [-0.2, -0.15) is 0 Å². The van der Waals surface area contributed by atoms with E-state index in [1.165, 1.54) is 10.5 Å². The van der Waals surface area contributed by atoms with Gasteiger partial charge in [-0.15, -0.1) is 0 Å². The van der Waals surface area contributed by atoms with E-state index in [1.807, 2.05) is 55.6 Å². The Labute approximate surface area is 190 Å². The molecule has 0 aliphatic rings. The third kappa shape index (κ3) is 6.05. The molecule has 5 heteroatoms. The summed E-state index contributed by atoms with van der Waals surface area (Å²) in [6.07, 6.45) is 0. The fourth-order valence-corrected chi connectivity index (χ4v) is 3.77. The van der Waals surface area contributed by atoms with Gasteiger partial charge in [0.15, 0.2) is 6.54 Å². The van der Waals surface area contributed by atoms with E-state index in [1.54, 1.807) is 7.05 Å². The minimum absolute atomic E-state index is 0.0117. The van der Waals surface area contributed by atoms with Crippen LogP contribution in [0.4, 0.5) is 5.69 Å². The average Bonchev–Trinajstić information content (AvgIpc) is 2.78. The van der Waals surface area contributed by atoms with Gasteiger partial charge in [-0.3, -0.25) is 9.59 Å². The first-order valence-corrected chi connectivity index (χ1v) is 10.9. The van der Waals surface area contributed by atoms with Crippen molar-refractivity contribution >= 4 is 17.5 Å². The topological polar surface area (TPSA) is 66.0 Å². The summed E-state index contributed by atoms with van der Waals surface area (Å²) in [6.45, 7) is 6.25. The number of para-hydroxylation sites is 1. The zero-order chi connectivity index (χ0) is 23.1. The number of quaternary nitrogens is 1. The summed E-state index contributed by atoms with van der Waals surface area (Å²) in [4.78, 5) is 26.8. The van der Waals surface area contributed by atoms with Crippen LogP contribution in [0.5, 0.6) is 0 Å². The van der Waals surface area contributed by atoms with Crippen molar-refractivity contribution < 1.29 is 14.9 Å². The van der Waals surface area contributed by atoms with Crippen molar-refractivity contribution in [2.24, 2.45) is 0 Å². The van der Waals surface area contributed by atoms with E-state index in [9.17, 15) is 9.59 Å². The fourth-order valence-electron chi connectivity index (χ4n) is 3.77. The van der Waals surface area contributed by atoms with E-state index in [2.05, 4.69) is 48.6 Å². The molecule has 0 saturated heterocycles. The lowest BCUT2D eigenvalue weighted by Gasteiger charge is -2.20. The maximum Gasteiger partial charge on any atom is 0.277 e. The lowest BCUT2D eigenvalue weighted by molar-refractivity contribution is -0.677. The zero-order valence-electron chi connectivity index (χ0n) is 19.3. The number of carbonyl (C=O) groups is 2. The second-order valence-electron chi connectivity index (χ2n) is 8.30. The highest BCUT2D eigenvalue weighted by Crippen LogP contribution is 2.20. The van der Waals surface area contributed by atoms with E-state index < -0.39 is 0 Å². The van der Waals surface area contributed by atoms with Crippen LogP contribution >= 0.6 is 0 Å². The standard InChI is InChI=1S/C27H31N3O2/c1-19-13-15-23(16-14-19)27(22-11-6-5-7-12-22)28-17-25(32)30(4)18-24(31)29-26-20(2)9-8-10-21(26)3/h5-16,27-28H,17-18H2,1-4H3,(H,29,31)/p+1/t27-/m0/s1. The summed E-state index contributed by atoms with van der Waals surface area (Å²) >= 11 is 0. The number of hydrogen-bond donors (Lipinski definition) is 2. The van der Waals surface area contributed by atoms with E-state index in [0.29, 0.717) is 0 Å². The highest BCUT2D eigenvalue weighted by Gasteiger charge is 2.21. The number of rotatable bonds is 8. The highest BCUT2D eigenvalue weighted by molar-refractivity contribution is 5.95. The molecule has 0 aromatic heterocycles. The molecule has 166 valence electrons. The number of nitrogens with zero attached hydrogens (tertiary/aromatic N) is 1. The molecule has 0 radical (unpaired) electrons. The van der Waals surface area contributed by atoms with E-state index in [0.717, 1.165) is 27.9 Å². The number of hydrogen-bond acceptors (Lipinski definition) is 2. The monoisotopic (exact) mass is 430 g/mol. The molecule has 3 rings (SSSR count). The van der Waals surface area contributed by atoms with Gasteiger partial charge in [-0.1, -0.05) is 78.4 Å². The minimum Gasteiger partial charge on any atom is -0.332 e. The van der Waals surface area contributed by atoms with Crippen molar-refractivity contribution in [3.63, 3.8) is 0 Å². The fraction of sp³-hybridized carbons (Fsp3) is 0.259. The number of likely N-dealkylation sites (N-methyl/N-ethyl adjacent to an activating group) is 1. The maximum atomic E-state index is 12.8. The average molecular weight is 431 g/mol. The van der Waals surface area contributed by atoms with E-state index in [4.69, 9.17) is 0 Å². The number of anilines is 1. The first-order valence-electron chi connectivity index (χ1n) is 10.9. The third-order valence-corrected chi connectivity index (χ3v) is 5.68. The molecular weight excluding hydrogens is 398 g/mol. The second-order valence-corrected chi connectivity index (χ2v) is 8.30. The van der Waals surface area contributed by atoms with Crippen molar-refractivity contribution in [3.05, 3.63) is 101 Å². The van der Waals surface area contributed by atoms with Crippen LogP contribution in [0, 0.1) is 20.8 Å². The molecule has 3 aromatic carbocycles. The summed E-state index contributed by atoms with van der Waals surface area (Å²) in [6, 6.07) is 24.4. The molecule has 0 aliphatic heterocycles. The summed E-state index contributed by atoms with van der Waals surface area (Å²) in [5.74, 6) is -0.286. The van der Waals surface area contributed by atoms with Gasteiger partial charge in [0.1, 0.15) is 6.04 Å². The number of benzene rings is 3. The predicted molar refractivity (Wildman–Crippen MR) is 128 cm³/mol. The molecule has 5 nitrogen and oxygen atoms in total. The molecule has 0 saturated carbocycles. The Balaban J connectivity index is 1.63. The Morgan fingerprint density at radius 2 is 1.44 bits per heavy atom. The van der Waals surface area contributed by atoms with Crippen LogP contribution < -0.4 is 10.6 Å². The van der Waals surface area contributed by atoms with Gasteiger partial charge in [-0.05, 0) is 31.9 Å². The van der Waals surface area contributed by atoms with Crippen molar-refractivity contribution in [3.8, 4) is 0 Å². The van der Waals surface area contributed by atoms with Crippen LogP contribution in [-0.2, 0) is 9.59 Å². The Morgan fingerprint density at radius 3 is 2.06 bits per heavy atom. The summed E-state index contributed by atoms with van der Waals surface area (Å²) in [7, 11) is 1.67. The normalized spacial score (nSPS) is 11.6. The first-order chi connectivity index (χ1) is 15.3. The van der Waals surface area contributed by atoms with E-state index in [-0.39, 0.29) is 30.9 Å². The van der Waals surface area contributed by atoms with Gasteiger partial charge in [-0.25, -0.2) is 0 Å². The Morgan fingerprint density at radius 1 is 0.844 bits per heavy atom. The van der Waals surface area contributed by atoms with Crippen LogP contribution in [0.15, 0.2) is 72.8 Å².